The summed E-state index contributed by atoms with van der Waals surface area (Å²) in [7, 11) is 0. The first-order chi connectivity index (χ1) is 30.7. The van der Waals surface area contributed by atoms with Crippen LogP contribution in [0.2, 0.25) is 0 Å². The number of para-hydroxylation sites is 1. The fraction of sp³-hybridized carbons (Fsp3) is 0. The molecule has 14 rings (SSSR count). The van der Waals surface area contributed by atoms with E-state index in [0.29, 0.717) is 17.6 Å². The highest BCUT2D eigenvalue weighted by Gasteiger charge is 2.28. The van der Waals surface area contributed by atoms with Crippen LogP contribution in [0.4, 0.5) is 0 Å². The predicted molar refractivity (Wildman–Crippen MR) is 256 cm³/mol. The summed E-state index contributed by atoms with van der Waals surface area (Å²) in [5.41, 5.74) is 12.3. The minimum Gasteiger partial charge on any atom is -0.309 e. The summed E-state index contributed by atoms with van der Waals surface area (Å²) in [6.07, 6.45) is 0. The highest BCUT2D eigenvalue weighted by molar-refractivity contribution is 6.38. The minimum absolute atomic E-state index is 0.584. The Bertz CT molecular complexity index is 4020. The van der Waals surface area contributed by atoms with Crippen molar-refractivity contribution in [3.05, 3.63) is 200 Å². The second-order valence-corrected chi connectivity index (χ2v) is 16.4. The van der Waals surface area contributed by atoms with E-state index in [-0.39, 0.29) is 0 Å². The van der Waals surface area contributed by atoms with E-state index in [1.807, 2.05) is 0 Å². The van der Waals surface area contributed by atoms with Gasteiger partial charge in [-0.05, 0) is 91.6 Å². The Balaban J connectivity index is 1.05. The molecule has 5 nitrogen and oxygen atoms in total. The molecule has 0 atom stereocenters. The van der Waals surface area contributed by atoms with Crippen molar-refractivity contribution in [2.24, 2.45) is 0 Å². The summed E-state index contributed by atoms with van der Waals surface area (Å²) < 4.78 is 4.69. The zero-order valence-electron chi connectivity index (χ0n) is 33.3. The van der Waals surface area contributed by atoms with Crippen LogP contribution in [0, 0.1) is 0 Å². The van der Waals surface area contributed by atoms with E-state index in [0.717, 1.165) is 38.8 Å². The maximum absolute atomic E-state index is 5.39. The quantitative estimate of drug-likeness (QED) is 0.175. The van der Waals surface area contributed by atoms with Crippen LogP contribution in [0.3, 0.4) is 0 Å². The lowest BCUT2D eigenvalue weighted by molar-refractivity contribution is 0.954. The van der Waals surface area contributed by atoms with Crippen molar-refractivity contribution >= 4 is 75.9 Å². The van der Waals surface area contributed by atoms with E-state index < -0.39 is 0 Å². The van der Waals surface area contributed by atoms with Gasteiger partial charge in [0.05, 0.1) is 22.1 Å². The van der Waals surface area contributed by atoms with Gasteiger partial charge in [-0.15, -0.1) is 0 Å². The minimum atomic E-state index is 0.584. The van der Waals surface area contributed by atoms with Crippen LogP contribution in [0.1, 0.15) is 0 Å². The van der Waals surface area contributed by atoms with Crippen molar-refractivity contribution in [1.29, 1.82) is 0 Å². The first-order valence-electron chi connectivity index (χ1n) is 21.1. The zero-order chi connectivity index (χ0) is 40.5. The molecule has 10 aromatic carbocycles. The maximum atomic E-state index is 5.39. The van der Waals surface area contributed by atoms with Gasteiger partial charge in [-0.3, -0.25) is 4.57 Å². The summed E-state index contributed by atoms with van der Waals surface area (Å²) in [5.74, 6) is 1.83. The maximum Gasteiger partial charge on any atom is 0.238 e. The smallest absolute Gasteiger partial charge is 0.238 e. The Labute approximate surface area is 355 Å². The van der Waals surface area contributed by atoms with Crippen molar-refractivity contribution < 1.29 is 0 Å². The number of rotatable bonds is 5. The molecular formula is C57H33N5. The van der Waals surface area contributed by atoms with Crippen molar-refractivity contribution in [3.8, 4) is 56.7 Å². The largest absolute Gasteiger partial charge is 0.309 e. The van der Waals surface area contributed by atoms with E-state index >= 15 is 0 Å². The highest BCUT2D eigenvalue weighted by atomic mass is 15.2. The molecule has 0 aliphatic heterocycles. The molecule has 13 aromatic rings. The van der Waals surface area contributed by atoms with Crippen LogP contribution >= 0.6 is 0 Å². The third kappa shape index (κ3) is 4.65. The Morgan fingerprint density at radius 2 is 0.823 bits per heavy atom. The molecule has 0 radical (unpaired) electrons. The molecule has 3 heterocycles. The van der Waals surface area contributed by atoms with E-state index in [9.17, 15) is 0 Å². The van der Waals surface area contributed by atoms with E-state index in [4.69, 9.17) is 15.0 Å². The second-order valence-electron chi connectivity index (χ2n) is 16.4. The first-order valence-corrected chi connectivity index (χ1v) is 21.1. The molecule has 0 spiro atoms. The van der Waals surface area contributed by atoms with Crippen molar-refractivity contribution in [3.63, 3.8) is 0 Å². The van der Waals surface area contributed by atoms with Gasteiger partial charge in [0.25, 0.3) is 0 Å². The molecule has 1 aliphatic rings. The lowest BCUT2D eigenvalue weighted by Crippen LogP contribution is -2.06. The number of fused-ring (bicyclic) bond motifs is 3. The molecule has 62 heavy (non-hydrogen) atoms. The molecular weight excluding hydrogens is 755 g/mol. The molecule has 0 unspecified atom stereocenters. The van der Waals surface area contributed by atoms with Gasteiger partial charge in [0, 0.05) is 43.7 Å². The molecule has 0 saturated heterocycles. The summed E-state index contributed by atoms with van der Waals surface area (Å²) in [5, 5.41) is 12.2. The van der Waals surface area contributed by atoms with Gasteiger partial charge in [0.15, 0.2) is 11.6 Å². The van der Waals surface area contributed by atoms with Crippen molar-refractivity contribution in [2.45, 2.75) is 0 Å². The van der Waals surface area contributed by atoms with Crippen LogP contribution in [0.25, 0.3) is 133 Å². The van der Waals surface area contributed by atoms with Gasteiger partial charge in [0.1, 0.15) is 0 Å². The predicted octanol–water partition coefficient (Wildman–Crippen LogP) is 14.5. The summed E-state index contributed by atoms with van der Waals surface area (Å²) in [4.78, 5) is 16.0. The SMILES string of the molecule is c1ccc(-n2c3cccc4c3c3c5c(ccc32)ccc2c5c3c-4cccc3n2-c2nc(-c3ccc(-c4cccc5ccccc45)cc3)nc(-c3ccc4ccccc4c3)n2)cc1. The van der Waals surface area contributed by atoms with E-state index in [2.05, 4.69) is 209 Å². The van der Waals surface area contributed by atoms with E-state index in [1.165, 1.54) is 76.2 Å². The Hall–Kier alpha value is -8.41. The van der Waals surface area contributed by atoms with Crippen LogP contribution in [-0.2, 0) is 0 Å². The summed E-state index contributed by atoms with van der Waals surface area (Å²) >= 11 is 0. The van der Waals surface area contributed by atoms with Crippen molar-refractivity contribution in [1.82, 2.24) is 24.1 Å². The average Bonchev–Trinajstić information content (AvgIpc) is 3.83. The van der Waals surface area contributed by atoms with Crippen LogP contribution in [0.5, 0.6) is 0 Å². The number of hydrogen-bond donors (Lipinski definition) is 0. The van der Waals surface area contributed by atoms with Gasteiger partial charge < -0.3 is 4.57 Å². The number of nitrogens with zero attached hydrogens (tertiary/aromatic N) is 5. The molecule has 5 heteroatoms. The lowest BCUT2D eigenvalue weighted by Gasteiger charge is -2.13. The average molecular weight is 788 g/mol. The fourth-order valence-electron chi connectivity index (χ4n) is 10.4. The molecule has 0 fully saturated rings. The van der Waals surface area contributed by atoms with Gasteiger partial charge >= 0.3 is 0 Å². The summed E-state index contributed by atoms with van der Waals surface area (Å²) in [6, 6.07) is 71.9. The third-order valence-corrected chi connectivity index (χ3v) is 13.1. The Morgan fingerprint density at radius 3 is 1.58 bits per heavy atom. The highest BCUT2D eigenvalue weighted by Crippen LogP contribution is 2.51. The van der Waals surface area contributed by atoms with Gasteiger partial charge in [-0.25, -0.2) is 4.98 Å². The van der Waals surface area contributed by atoms with Crippen LogP contribution in [0.15, 0.2) is 200 Å². The molecule has 286 valence electrons. The van der Waals surface area contributed by atoms with Gasteiger partial charge in [-0.1, -0.05) is 158 Å². The first kappa shape index (κ1) is 33.4. The zero-order valence-corrected chi connectivity index (χ0v) is 33.3. The summed E-state index contributed by atoms with van der Waals surface area (Å²) in [6.45, 7) is 0. The standard InChI is InChI=1S/C57H33N5/c1-2-15-41(16-3-1)61-46-21-9-19-44-45-20-10-22-47-52(45)54-49(32-30-37-29-31-48(61)53(50(37)54)51(44)46)62(47)57-59-55(58-56(60-57)40-28-23-34-11-4-5-13-39(34)33-40)38-26-24-36(25-27-38)43-18-8-14-35-12-6-7-17-42(35)43/h1-33H. The second kappa shape index (κ2) is 12.6. The van der Waals surface area contributed by atoms with Gasteiger partial charge in [0.2, 0.25) is 5.95 Å². The van der Waals surface area contributed by atoms with Gasteiger partial charge in [-0.2, -0.15) is 9.97 Å². The fourth-order valence-corrected chi connectivity index (χ4v) is 10.4. The topological polar surface area (TPSA) is 48.5 Å². The number of aromatic nitrogens is 5. The third-order valence-electron chi connectivity index (χ3n) is 13.1. The molecule has 0 amide bonds. The molecule has 1 aliphatic carbocycles. The van der Waals surface area contributed by atoms with Crippen LogP contribution < -0.4 is 0 Å². The Morgan fingerprint density at radius 1 is 0.290 bits per heavy atom. The lowest BCUT2D eigenvalue weighted by atomic mass is 9.97. The molecule has 3 aromatic heterocycles. The van der Waals surface area contributed by atoms with Crippen LogP contribution in [-0.4, -0.2) is 24.1 Å². The Kier molecular flexibility index (Phi) is 6.77. The van der Waals surface area contributed by atoms with Crippen molar-refractivity contribution in [2.75, 3.05) is 0 Å². The number of hydrogen-bond acceptors (Lipinski definition) is 3. The molecule has 0 bridgehead atoms. The monoisotopic (exact) mass is 787 g/mol. The normalized spacial score (nSPS) is 12.2. The molecule has 0 saturated carbocycles. The molecule has 0 N–H and O–H groups in total. The van der Waals surface area contributed by atoms with E-state index in [1.54, 1.807) is 0 Å². The number of benzene rings is 10.